The molecule has 1 heterocycles. The van der Waals surface area contributed by atoms with Crippen LogP contribution in [-0.4, -0.2) is 33.2 Å². The molecule has 1 atom stereocenters. The summed E-state index contributed by atoms with van der Waals surface area (Å²) >= 11 is 1.38. The summed E-state index contributed by atoms with van der Waals surface area (Å²) in [7, 11) is 1.84. The van der Waals surface area contributed by atoms with Crippen molar-refractivity contribution in [2.24, 2.45) is 0 Å². The molecule has 1 aliphatic rings. The molecule has 2 aromatic carbocycles. The SMILES string of the molecule is CC(c1ccccc1)N(C)C(=O)CSc1nc2ccccc2c(=O)n1C1CCCCC1. The van der Waals surface area contributed by atoms with Gasteiger partial charge in [0.25, 0.3) is 5.56 Å². The average Bonchev–Trinajstić information content (AvgIpc) is 2.82. The van der Waals surface area contributed by atoms with Crippen LogP contribution in [0.25, 0.3) is 10.9 Å². The van der Waals surface area contributed by atoms with Gasteiger partial charge in [-0.25, -0.2) is 4.98 Å². The predicted molar refractivity (Wildman–Crippen MR) is 126 cm³/mol. The summed E-state index contributed by atoms with van der Waals surface area (Å²) in [6.45, 7) is 2.03. The van der Waals surface area contributed by atoms with E-state index in [0.717, 1.165) is 31.2 Å². The zero-order valence-corrected chi connectivity index (χ0v) is 19.0. The number of hydrogen-bond donors (Lipinski definition) is 0. The summed E-state index contributed by atoms with van der Waals surface area (Å²) in [5, 5.41) is 1.31. The van der Waals surface area contributed by atoms with E-state index in [9.17, 15) is 9.59 Å². The minimum Gasteiger partial charge on any atom is -0.338 e. The smallest absolute Gasteiger partial charge is 0.262 e. The molecule has 0 saturated heterocycles. The summed E-state index contributed by atoms with van der Waals surface area (Å²) in [5.41, 5.74) is 1.81. The molecule has 0 spiro atoms. The number of hydrogen-bond acceptors (Lipinski definition) is 4. The van der Waals surface area contributed by atoms with Crippen molar-refractivity contribution in [1.82, 2.24) is 14.5 Å². The third-order valence-electron chi connectivity index (χ3n) is 6.30. The van der Waals surface area contributed by atoms with Gasteiger partial charge in [0.1, 0.15) is 0 Å². The number of carbonyl (C=O) groups excluding carboxylic acids is 1. The summed E-state index contributed by atoms with van der Waals surface area (Å²) in [5.74, 6) is 0.282. The molecule has 1 aromatic heterocycles. The Morgan fingerprint density at radius 2 is 1.77 bits per heavy atom. The number of rotatable bonds is 6. The molecule has 1 fully saturated rings. The quantitative estimate of drug-likeness (QED) is 0.394. The predicted octanol–water partition coefficient (Wildman–Crippen LogP) is 5.21. The Kier molecular flexibility index (Phi) is 6.76. The fraction of sp³-hybridized carbons (Fsp3) is 0.400. The Morgan fingerprint density at radius 1 is 1.10 bits per heavy atom. The molecule has 1 aliphatic carbocycles. The highest BCUT2D eigenvalue weighted by molar-refractivity contribution is 7.99. The second-order valence-corrected chi connectivity index (χ2v) is 9.20. The van der Waals surface area contributed by atoms with E-state index < -0.39 is 0 Å². The van der Waals surface area contributed by atoms with E-state index in [-0.39, 0.29) is 29.3 Å². The van der Waals surface area contributed by atoms with Crippen LogP contribution in [0, 0.1) is 0 Å². The number of carbonyl (C=O) groups is 1. The molecule has 1 saturated carbocycles. The van der Waals surface area contributed by atoms with Crippen molar-refractivity contribution in [3.8, 4) is 0 Å². The zero-order chi connectivity index (χ0) is 21.8. The van der Waals surface area contributed by atoms with Gasteiger partial charge in [0.15, 0.2) is 5.16 Å². The van der Waals surface area contributed by atoms with Crippen molar-refractivity contribution in [2.45, 2.75) is 56.3 Å². The maximum atomic E-state index is 13.3. The van der Waals surface area contributed by atoms with Crippen LogP contribution in [0.2, 0.25) is 0 Å². The molecule has 3 aromatic rings. The Labute approximate surface area is 187 Å². The highest BCUT2D eigenvalue weighted by atomic mass is 32.2. The Bertz CT molecular complexity index is 1110. The van der Waals surface area contributed by atoms with Crippen molar-refractivity contribution < 1.29 is 4.79 Å². The largest absolute Gasteiger partial charge is 0.338 e. The lowest BCUT2D eigenvalue weighted by Gasteiger charge is -2.27. The normalized spacial score (nSPS) is 15.7. The monoisotopic (exact) mass is 435 g/mol. The van der Waals surface area contributed by atoms with E-state index in [1.54, 1.807) is 4.90 Å². The topological polar surface area (TPSA) is 55.2 Å². The molecular weight excluding hydrogens is 406 g/mol. The van der Waals surface area contributed by atoms with E-state index >= 15 is 0 Å². The van der Waals surface area contributed by atoms with Crippen LogP contribution < -0.4 is 5.56 Å². The van der Waals surface area contributed by atoms with E-state index in [4.69, 9.17) is 4.98 Å². The van der Waals surface area contributed by atoms with Gasteiger partial charge < -0.3 is 4.90 Å². The van der Waals surface area contributed by atoms with E-state index in [0.29, 0.717) is 16.1 Å². The first-order valence-corrected chi connectivity index (χ1v) is 12.0. The van der Waals surface area contributed by atoms with Gasteiger partial charge in [-0.2, -0.15) is 0 Å². The molecule has 1 amide bonds. The lowest BCUT2D eigenvalue weighted by Crippen LogP contribution is -2.32. The maximum absolute atomic E-state index is 13.3. The van der Waals surface area contributed by atoms with Crippen LogP contribution in [-0.2, 0) is 4.79 Å². The lowest BCUT2D eigenvalue weighted by atomic mass is 9.95. The fourth-order valence-corrected chi connectivity index (χ4v) is 5.28. The van der Waals surface area contributed by atoms with Gasteiger partial charge in [-0.3, -0.25) is 14.2 Å². The van der Waals surface area contributed by atoms with E-state index in [1.807, 2.05) is 73.1 Å². The number of fused-ring (bicyclic) bond motifs is 1. The van der Waals surface area contributed by atoms with Gasteiger partial charge >= 0.3 is 0 Å². The number of aromatic nitrogens is 2. The van der Waals surface area contributed by atoms with Gasteiger partial charge in [0, 0.05) is 13.1 Å². The van der Waals surface area contributed by atoms with Crippen LogP contribution in [0.5, 0.6) is 0 Å². The first kappa shape index (κ1) is 21.6. The Balaban J connectivity index is 1.58. The third kappa shape index (κ3) is 4.69. The molecule has 31 heavy (non-hydrogen) atoms. The van der Waals surface area contributed by atoms with Gasteiger partial charge in [-0.15, -0.1) is 0 Å². The van der Waals surface area contributed by atoms with E-state index in [1.165, 1.54) is 18.2 Å². The average molecular weight is 436 g/mol. The van der Waals surface area contributed by atoms with Crippen LogP contribution in [0.4, 0.5) is 0 Å². The van der Waals surface area contributed by atoms with Crippen LogP contribution >= 0.6 is 11.8 Å². The Morgan fingerprint density at radius 3 is 2.52 bits per heavy atom. The van der Waals surface area contributed by atoms with Crippen molar-refractivity contribution in [2.75, 3.05) is 12.8 Å². The minimum absolute atomic E-state index is 0.0125. The number of para-hydroxylation sites is 1. The van der Waals surface area contributed by atoms with Gasteiger partial charge in [-0.1, -0.05) is 73.5 Å². The maximum Gasteiger partial charge on any atom is 0.262 e. The summed E-state index contributed by atoms with van der Waals surface area (Å²) in [6, 6.07) is 17.7. The van der Waals surface area contributed by atoms with Gasteiger partial charge in [0.05, 0.1) is 22.7 Å². The number of benzene rings is 2. The molecule has 1 unspecified atom stereocenters. The Hall–Kier alpha value is -2.60. The molecule has 162 valence electrons. The molecule has 4 rings (SSSR count). The standard InChI is InChI=1S/C25H29N3O2S/c1-18(19-11-5-3-6-12-19)27(2)23(29)17-31-25-26-22-16-10-9-15-21(22)24(30)28(25)20-13-7-4-8-14-20/h3,5-6,9-12,15-16,18,20H,4,7-8,13-14,17H2,1-2H3. The molecule has 6 heteroatoms. The van der Waals surface area contributed by atoms with Crippen molar-refractivity contribution in [3.63, 3.8) is 0 Å². The summed E-state index contributed by atoms with van der Waals surface area (Å²) < 4.78 is 1.86. The highest BCUT2D eigenvalue weighted by Crippen LogP contribution is 2.31. The molecule has 5 nitrogen and oxygen atoms in total. The lowest BCUT2D eigenvalue weighted by molar-refractivity contribution is -0.128. The number of amides is 1. The third-order valence-corrected chi connectivity index (χ3v) is 7.23. The second-order valence-electron chi connectivity index (χ2n) is 8.26. The highest BCUT2D eigenvalue weighted by Gasteiger charge is 2.23. The number of nitrogens with zero attached hydrogens (tertiary/aromatic N) is 3. The van der Waals surface area contributed by atoms with Crippen molar-refractivity contribution in [3.05, 3.63) is 70.5 Å². The molecule has 0 radical (unpaired) electrons. The van der Waals surface area contributed by atoms with Gasteiger partial charge in [0.2, 0.25) is 5.91 Å². The molecule has 0 N–H and O–H groups in total. The summed E-state index contributed by atoms with van der Waals surface area (Å²) in [4.78, 5) is 32.9. The molecule has 0 bridgehead atoms. The molecular formula is C25H29N3O2S. The first-order chi connectivity index (χ1) is 15.1. The van der Waals surface area contributed by atoms with Crippen LogP contribution in [0.1, 0.15) is 56.7 Å². The first-order valence-electron chi connectivity index (χ1n) is 11.0. The zero-order valence-electron chi connectivity index (χ0n) is 18.2. The van der Waals surface area contributed by atoms with Crippen LogP contribution in [0.3, 0.4) is 0 Å². The second kappa shape index (κ2) is 9.69. The fourth-order valence-electron chi connectivity index (χ4n) is 4.29. The van der Waals surface area contributed by atoms with Gasteiger partial charge in [-0.05, 0) is 37.5 Å². The molecule has 0 aliphatic heterocycles. The minimum atomic E-state index is -0.0144. The number of thioether (sulfide) groups is 1. The van der Waals surface area contributed by atoms with E-state index in [2.05, 4.69) is 0 Å². The van der Waals surface area contributed by atoms with Crippen LogP contribution in [0.15, 0.2) is 64.5 Å². The summed E-state index contributed by atoms with van der Waals surface area (Å²) in [6.07, 6.45) is 5.46. The van der Waals surface area contributed by atoms with Crippen molar-refractivity contribution >= 4 is 28.6 Å². The van der Waals surface area contributed by atoms with Crippen molar-refractivity contribution in [1.29, 1.82) is 0 Å².